The highest BCUT2D eigenvalue weighted by atomic mass is 16.5. The molecule has 0 radical (unpaired) electrons. The van der Waals surface area contributed by atoms with Gasteiger partial charge in [-0.2, -0.15) is 0 Å². The fraction of sp³-hybridized carbons (Fsp3) is 0.600. The Morgan fingerprint density at radius 3 is 2.26 bits per heavy atom. The van der Waals surface area contributed by atoms with Crippen molar-refractivity contribution >= 4 is 0 Å². The Hall–Kier alpha value is -0.940. The molecule has 0 spiro atoms. The average molecular weight is 266 g/mol. The van der Waals surface area contributed by atoms with E-state index in [0.717, 1.165) is 13.1 Å². The Balaban J connectivity index is 2.81. The summed E-state index contributed by atoms with van der Waals surface area (Å²) in [4.78, 5) is 2.32. The summed E-state index contributed by atoms with van der Waals surface area (Å²) in [7, 11) is 3.44. The van der Waals surface area contributed by atoms with E-state index < -0.39 is 0 Å². The highest BCUT2D eigenvalue weighted by Gasteiger charge is 2.18. The Morgan fingerprint density at radius 2 is 1.79 bits per heavy atom. The van der Waals surface area contributed by atoms with Crippen LogP contribution in [0.25, 0.3) is 0 Å². The van der Waals surface area contributed by atoms with Crippen LogP contribution in [0.5, 0.6) is 0 Å². The second-order valence-electron chi connectivity index (χ2n) is 4.69. The first-order chi connectivity index (χ1) is 9.22. The lowest BCUT2D eigenvalue weighted by atomic mass is 10.0. The molecule has 0 heterocycles. The van der Waals surface area contributed by atoms with Crippen LogP contribution in [0.2, 0.25) is 0 Å². The molecule has 0 aliphatic rings. The first-order valence-electron chi connectivity index (χ1n) is 6.71. The lowest BCUT2D eigenvalue weighted by Gasteiger charge is -2.31. The van der Waals surface area contributed by atoms with Crippen LogP contribution >= 0.6 is 0 Å². The molecule has 0 saturated heterocycles. The van der Waals surface area contributed by atoms with Crippen LogP contribution in [0, 0.1) is 6.92 Å². The van der Waals surface area contributed by atoms with Crippen molar-refractivity contribution in [2.75, 3.05) is 47.1 Å². The molecule has 1 rings (SSSR count). The summed E-state index contributed by atoms with van der Waals surface area (Å²) in [5.74, 6) is 0. The molecular formula is C15H26N2O2. The van der Waals surface area contributed by atoms with E-state index in [9.17, 15) is 0 Å². The van der Waals surface area contributed by atoms with Crippen molar-refractivity contribution < 1.29 is 9.47 Å². The summed E-state index contributed by atoms with van der Waals surface area (Å²) in [6.45, 7) is 5.81. The highest BCUT2D eigenvalue weighted by Crippen LogP contribution is 2.20. The van der Waals surface area contributed by atoms with Crippen LogP contribution in [-0.2, 0) is 9.47 Å². The fourth-order valence-electron chi connectivity index (χ4n) is 2.21. The number of nitrogens with two attached hydrogens (primary N) is 1. The quantitative estimate of drug-likeness (QED) is 0.737. The van der Waals surface area contributed by atoms with Crippen molar-refractivity contribution in [3.05, 3.63) is 35.4 Å². The highest BCUT2D eigenvalue weighted by molar-refractivity contribution is 5.25. The van der Waals surface area contributed by atoms with Gasteiger partial charge in [0.25, 0.3) is 0 Å². The molecule has 0 amide bonds. The van der Waals surface area contributed by atoms with Gasteiger partial charge in [0.2, 0.25) is 0 Å². The summed E-state index contributed by atoms with van der Waals surface area (Å²) in [6, 6.07) is 8.73. The van der Waals surface area contributed by atoms with E-state index in [1.165, 1.54) is 11.1 Å². The third kappa shape index (κ3) is 5.28. The zero-order valence-corrected chi connectivity index (χ0v) is 12.3. The zero-order chi connectivity index (χ0) is 14.1. The van der Waals surface area contributed by atoms with E-state index in [0.29, 0.717) is 19.8 Å². The first-order valence-corrected chi connectivity index (χ1v) is 6.71. The van der Waals surface area contributed by atoms with Crippen LogP contribution in [0.4, 0.5) is 0 Å². The second-order valence-corrected chi connectivity index (χ2v) is 4.69. The maximum Gasteiger partial charge on any atom is 0.0589 e. The molecule has 1 unspecified atom stereocenters. The van der Waals surface area contributed by atoms with Crippen LogP contribution < -0.4 is 5.73 Å². The number of hydrogen-bond donors (Lipinski definition) is 1. The van der Waals surface area contributed by atoms with Crippen molar-refractivity contribution in [2.24, 2.45) is 5.73 Å². The molecule has 0 aromatic heterocycles. The van der Waals surface area contributed by atoms with Crippen molar-refractivity contribution in [3.8, 4) is 0 Å². The minimum Gasteiger partial charge on any atom is -0.383 e. The van der Waals surface area contributed by atoms with Crippen LogP contribution in [-0.4, -0.2) is 52.0 Å². The van der Waals surface area contributed by atoms with Gasteiger partial charge in [-0.25, -0.2) is 0 Å². The van der Waals surface area contributed by atoms with Gasteiger partial charge in [0.1, 0.15) is 0 Å². The van der Waals surface area contributed by atoms with Gasteiger partial charge < -0.3 is 15.2 Å². The standard InChI is InChI=1S/C15H26N2O2/c1-13-5-4-6-14(11-13)15(12-16)17(7-9-18-2)8-10-19-3/h4-6,11,15H,7-10,12,16H2,1-3H3. The van der Waals surface area contributed by atoms with E-state index in [4.69, 9.17) is 15.2 Å². The smallest absolute Gasteiger partial charge is 0.0589 e. The number of methoxy groups -OCH3 is 2. The molecule has 19 heavy (non-hydrogen) atoms. The Morgan fingerprint density at radius 1 is 1.16 bits per heavy atom. The van der Waals surface area contributed by atoms with Crippen molar-refractivity contribution in [3.63, 3.8) is 0 Å². The van der Waals surface area contributed by atoms with Gasteiger partial charge in [-0.1, -0.05) is 29.8 Å². The third-order valence-corrected chi connectivity index (χ3v) is 3.26. The first kappa shape index (κ1) is 16.1. The van der Waals surface area contributed by atoms with Gasteiger partial charge in [0.15, 0.2) is 0 Å². The predicted octanol–water partition coefficient (Wildman–Crippen LogP) is 1.59. The molecule has 4 nitrogen and oxygen atoms in total. The zero-order valence-electron chi connectivity index (χ0n) is 12.3. The number of benzene rings is 1. The maximum atomic E-state index is 5.98. The number of rotatable bonds is 9. The summed E-state index contributed by atoms with van der Waals surface area (Å²) < 4.78 is 10.4. The van der Waals surface area contributed by atoms with E-state index in [2.05, 4.69) is 36.1 Å². The maximum absolute atomic E-state index is 5.98. The molecule has 4 heteroatoms. The monoisotopic (exact) mass is 266 g/mol. The molecule has 0 bridgehead atoms. The Labute approximate surface area is 116 Å². The van der Waals surface area contributed by atoms with Gasteiger partial charge in [0.05, 0.1) is 13.2 Å². The molecule has 0 aliphatic heterocycles. The Kier molecular flexibility index (Phi) is 7.67. The third-order valence-electron chi connectivity index (χ3n) is 3.26. The molecule has 2 N–H and O–H groups in total. The van der Waals surface area contributed by atoms with E-state index in [-0.39, 0.29) is 6.04 Å². The topological polar surface area (TPSA) is 47.7 Å². The number of aryl methyl sites for hydroxylation is 1. The lowest BCUT2D eigenvalue weighted by Crippen LogP contribution is -2.38. The lowest BCUT2D eigenvalue weighted by molar-refractivity contribution is 0.0891. The average Bonchev–Trinajstić information content (AvgIpc) is 2.42. The molecule has 0 aliphatic carbocycles. The molecule has 0 saturated carbocycles. The van der Waals surface area contributed by atoms with Crippen molar-refractivity contribution in [2.45, 2.75) is 13.0 Å². The predicted molar refractivity (Wildman–Crippen MR) is 78.3 cm³/mol. The fourth-order valence-corrected chi connectivity index (χ4v) is 2.21. The molecule has 1 atom stereocenters. The minimum atomic E-state index is 0.213. The Bertz CT molecular complexity index is 350. The molecule has 1 aromatic rings. The van der Waals surface area contributed by atoms with Crippen LogP contribution in [0.15, 0.2) is 24.3 Å². The van der Waals surface area contributed by atoms with Crippen LogP contribution in [0.1, 0.15) is 17.2 Å². The van der Waals surface area contributed by atoms with Gasteiger partial charge in [0, 0.05) is 39.9 Å². The minimum absolute atomic E-state index is 0.213. The number of nitrogens with zero attached hydrogens (tertiary/aromatic N) is 1. The summed E-state index contributed by atoms with van der Waals surface area (Å²) in [6.07, 6.45) is 0. The van der Waals surface area contributed by atoms with Crippen LogP contribution in [0.3, 0.4) is 0 Å². The molecular weight excluding hydrogens is 240 g/mol. The molecule has 0 fully saturated rings. The van der Waals surface area contributed by atoms with Crippen molar-refractivity contribution in [1.82, 2.24) is 4.90 Å². The van der Waals surface area contributed by atoms with E-state index in [1.807, 2.05) is 0 Å². The van der Waals surface area contributed by atoms with Gasteiger partial charge in [-0.05, 0) is 12.5 Å². The summed E-state index contributed by atoms with van der Waals surface area (Å²) >= 11 is 0. The van der Waals surface area contributed by atoms with Gasteiger partial charge in [-0.15, -0.1) is 0 Å². The summed E-state index contributed by atoms with van der Waals surface area (Å²) in [5.41, 5.74) is 8.49. The van der Waals surface area contributed by atoms with Gasteiger partial charge >= 0.3 is 0 Å². The number of hydrogen-bond acceptors (Lipinski definition) is 4. The molecule has 108 valence electrons. The van der Waals surface area contributed by atoms with Crippen molar-refractivity contribution in [1.29, 1.82) is 0 Å². The molecule has 1 aromatic carbocycles. The number of ether oxygens (including phenoxy) is 2. The SMILES string of the molecule is COCCN(CCOC)C(CN)c1cccc(C)c1. The largest absolute Gasteiger partial charge is 0.383 e. The normalized spacial score (nSPS) is 12.9. The van der Waals surface area contributed by atoms with E-state index in [1.54, 1.807) is 14.2 Å². The van der Waals surface area contributed by atoms with Gasteiger partial charge in [-0.3, -0.25) is 4.90 Å². The summed E-state index contributed by atoms with van der Waals surface area (Å²) in [5, 5.41) is 0. The second kappa shape index (κ2) is 9.04. The van der Waals surface area contributed by atoms with E-state index >= 15 is 0 Å².